The molecule has 5 aromatic carbocycles. The second-order valence-electron chi connectivity index (χ2n) is 21.7. The van der Waals surface area contributed by atoms with Gasteiger partial charge in [-0.1, -0.05) is 110 Å². The number of primary amides is 1. The van der Waals surface area contributed by atoms with Crippen LogP contribution >= 0.6 is 0 Å². The topological polar surface area (TPSA) is 324 Å². The van der Waals surface area contributed by atoms with Crippen molar-refractivity contribution in [1.82, 2.24) is 41.3 Å². The molecule has 3 heterocycles. The molecular weight excluding hydrogens is 1180 g/mol. The number of nitrogens with one attached hydrogen (secondary N) is 6. The molecule has 0 saturated heterocycles. The van der Waals surface area contributed by atoms with E-state index < -0.39 is 42.4 Å². The lowest BCUT2D eigenvalue weighted by Gasteiger charge is -2.26. The van der Waals surface area contributed by atoms with Gasteiger partial charge in [-0.3, -0.25) is 28.7 Å². The lowest BCUT2D eigenvalue weighted by Crippen LogP contribution is -2.47. The Morgan fingerprint density at radius 2 is 1.29 bits per heavy atom. The lowest BCUT2D eigenvalue weighted by atomic mass is 10.0. The summed E-state index contributed by atoms with van der Waals surface area (Å²) in [6.07, 6.45) is 2.52. The summed E-state index contributed by atoms with van der Waals surface area (Å²) >= 11 is 0. The van der Waals surface area contributed by atoms with Gasteiger partial charge in [0.25, 0.3) is 0 Å². The predicted molar refractivity (Wildman–Crippen MR) is 348 cm³/mol. The number of hydrogen-bond donors (Lipinski definition) is 8. The number of carbonyl (C=O) groups is 7. The number of nitrogens with zero attached hydrogens (tertiary/aromatic N) is 4. The van der Waals surface area contributed by atoms with Gasteiger partial charge in [0, 0.05) is 79.4 Å². The minimum absolute atomic E-state index is 0.0238. The molecule has 0 spiro atoms. The van der Waals surface area contributed by atoms with Crippen LogP contribution < -0.4 is 48.3 Å². The minimum Gasteiger partial charge on any atom is -0.445 e. The molecule has 24 heteroatoms. The van der Waals surface area contributed by atoms with Crippen LogP contribution in [0.15, 0.2) is 121 Å². The molecule has 7 aromatic rings. The third-order valence-corrected chi connectivity index (χ3v) is 14.8. The first kappa shape index (κ1) is 68.0. The van der Waals surface area contributed by atoms with Crippen LogP contribution in [0.2, 0.25) is 0 Å². The number of ether oxygens (including phenoxy) is 5. The number of hydrogen-bond acceptors (Lipinski definition) is 15. The second-order valence-corrected chi connectivity index (χ2v) is 21.7. The number of anilines is 3. The highest BCUT2D eigenvalue weighted by molar-refractivity contribution is 6.09. The van der Waals surface area contributed by atoms with Gasteiger partial charge in [0.15, 0.2) is 5.82 Å². The second kappa shape index (κ2) is 36.1. The van der Waals surface area contributed by atoms with Gasteiger partial charge in [0.05, 0.1) is 82.8 Å². The van der Waals surface area contributed by atoms with Crippen molar-refractivity contribution in [3.63, 3.8) is 0 Å². The molecule has 1 atom stereocenters. The zero-order valence-corrected chi connectivity index (χ0v) is 51.7. The van der Waals surface area contributed by atoms with Gasteiger partial charge in [-0.15, -0.1) is 0 Å². The van der Waals surface area contributed by atoms with Crippen molar-refractivity contribution in [2.75, 3.05) is 88.4 Å². The fourth-order valence-corrected chi connectivity index (χ4v) is 9.99. The SMILES string of the molecule is CCCCn1nc2c(N)nc3ccccc3c2c1Cc1ccc(CNC(=O)OCc2ccc(NC(=O)C(CCCNC(N)=O)NC(=O)CNC(=O)CCOCCOCCOCCOCCNC(=O)CCC(=O)N3Cc4ccccc4C#Cc4ccccc43)cc2)cc1. The monoisotopic (exact) mass is 1260 g/mol. The van der Waals surface area contributed by atoms with Crippen LogP contribution in [0.1, 0.15) is 90.9 Å². The highest BCUT2D eigenvalue weighted by Gasteiger charge is 2.24. The van der Waals surface area contributed by atoms with Crippen LogP contribution in [-0.2, 0) is 80.3 Å². The van der Waals surface area contributed by atoms with Gasteiger partial charge in [0.1, 0.15) is 18.2 Å². The van der Waals surface area contributed by atoms with Gasteiger partial charge in [-0.25, -0.2) is 14.6 Å². The average molecular weight is 1260 g/mol. The van der Waals surface area contributed by atoms with Gasteiger partial charge in [-0.05, 0) is 77.9 Å². The molecule has 8 amide bonds. The summed E-state index contributed by atoms with van der Waals surface area (Å²) in [6.45, 7) is 5.64. The summed E-state index contributed by atoms with van der Waals surface area (Å²) < 4.78 is 29.6. The molecule has 8 rings (SSSR count). The van der Waals surface area contributed by atoms with E-state index in [0.717, 1.165) is 74.9 Å². The fourth-order valence-electron chi connectivity index (χ4n) is 9.99. The molecule has 2 aromatic heterocycles. The number of aryl methyl sites for hydroxylation is 1. The standard InChI is InChI=1S/C68H80N12O12/c1-2-3-33-80-58(63-54-14-7-8-15-55(54)77-65(69)64(63)78-80)42-47-18-20-48(21-19-47)43-74-68(87)92-46-49-22-26-53(27-23-49)75-66(85)56(16-10-31-72-67(70)86)76-61(83)44-73-60(82)30-34-88-36-38-90-40-41-91-39-37-89-35-32-71-59(81)28-29-62(84)79-45-52-13-5-4-11-50(52)24-25-51-12-6-9-17-57(51)79/h4-9,11-15,17-23,26-27,56H,2-3,10,16,28-46H2,1H3,(H2,69,77)(H,71,81)(H,73,82)(H,74,87)(H,75,85)(H,76,83)(H3,70,72,86). The first-order valence-corrected chi connectivity index (χ1v) is 30.9. The van der Waals surface area contributed by atoms with E-state index in [4.69, 9.17) is 40.3 Å². The molecule has 10 N–H and O–H groups in total. The predicted octanol–water partition coefficient (Wildman–Crippen LogP) is 6.27. The Morgan fingerprint density at radius 1 is 0.641 bits per heavy atom. The molecule has 0 bridgehead atoms. The van der Waals surface area contributed by atoms with Crippen molar-refractivity contribution in [3.05, 3.63) is 160 Å². The molecule has 0 saturated carbocycles. The lowest BCUT2D eigenvalue weighted by molar-refractivity contribution is -0.128. The first-order valence-electron chi connectivity index (χ1n) is 30.9. The summed E-state index contributed by atoms with van der Waals surface area (Å²) in [5, 5.41) is 22.9. The van der Waals surface area contributed by atoms with Gasteiger partial charge >= 0.3 is 12.1 Å². The van der Waals surface area contributed by atoms with E-state index in [1.807, 2.05) is 91.0 Å². The summed E-state index contributed by atoms with van der Waals surface area (Å²) in [6, 6.07) is 36.1. The maximum atomic E-state index is 13.5. The third kappa shape index (κ3) is 21.4. The average Bonchev–Trinajstić information content (AvgIpc) is 1.59. The molecule has 0 radical (unpaired) electrons. The number of para-hydroxylation sites is 2. The molecule has 0 fully saturated rings. The number of carbonyl (C=O) groups excluding carboxylic acids is 7. The summed E-state index contributed by atoms with van der Waals surface area (Å²) in [4.78, 5) is 95.2. The van der Waals surface area contributed by atoms with E-state index in [0.29, 0.717) is 68.4 Å². The Labute approximate surface area is 534 Å². The zero-order chi connectivity index (χ0) is 64.9. The number of pyridine rings is 1. The summed E-state index contributed by atoms with van der Waals surface area (Å²) in [5.74, 6) is 4.79. The Hall–Kier alpha value is -9.93. The van der Waals surface area contributed by atoms with Crippen LogP contribution in [0.3, 0.4) is 0 Å². The van der Waals surface area contributed by atoms with E-state index in [9.17, 15) is 33.6 Å². The number of alkyl carbamates (subject to hydrolysis) is 1. The van der Waals surface area contributed by atoms with Gasteiger partial charge in [-0.2, -0.15) is 5.10 Å². The highest BCUT2D eigenvalue weighted by Crippen LogP contribution is 2.32. The number of rotatable bonds is 36. The Morgan fingerprint density at radius 3 is 2.04 bits per heavy atom. The fraction of sp³-hybridized carbons (Fsp3) is 0.368. The minimum atomic E-state index is -1.03. The number of nitrogens with two attached hydrogens (primary N) is 2. The van der Waals surface area contributed by atoms with E-state index in [1.54, 1.807) is 29.2 Å². The number of nitrogen functional groups attached to an aromatic ring is 1. The van der Waals surface area contributed by atoms with Crippen molar-refractivity contribution in [2.24, 2.45) is 5.73 Å². The van der Waals surface area contributed by atoms with Crippen LogP contribution in [-0.4, -0.2) is 135 Å². The maximum Gasteiger partial charge on any atom is 0.407 e. The number of benzene rings is 5. The maximum absolute atomic E-state index is 13.5. The smallest absolute Gasteiger partial charge is 0.407 e. The molecule has 1 aliphatic heterocycles. The van der Waals surface area contributed by atoms with Crippen molar-refractivity contribution < 1.29 is 57.2 Å². The molecule has 0 aliphatic carbocycles. The quantitative estimate of drug-likeness (QED) is 0.0158. The number of unbranched alkanes of at least 4 members (excludes halogenated alkanes) is 1. The molecule has 24 nitrogen and oxygen atoms in total. The van der Waals surface area contributed by atoms with Gasteiger partial charge in [0.2, 0.25) is 29.5 Å². The van der Waals surface area contributed by atoms with Crippen LogP contribution in [0, 0.1) is 11.8 Å². The van der Waals surface area contributed by atoms with Crippen LogP contribution in [0.5, 0.6) is 0 Å². The molecule has 1 aliphatic rings. The number of amides is 8. The zero-order valence-electron chi connectivity index (χ0n) is 51.7. The molecule has 92 heavy (non-hydrogen) atoms. The largest absolute Gasteiger partial charge is 0.445 e. The summed E-state index contributed by atoms with van der Waals surface area (Å²) in [7, 11) is 0. The molecular formula is C68H80N12O12. The molecule has 1 unspecified atom stereocenters. The van der Waals surface area contributed by atoms with E-state index in [2.05, 4.69) is 66.4 Å². The summed E-state index contributed by atoms with van der Waals surface area (Å²) in [5.41, 5.74) is 20.5. The van der Waals surface area contributed by atoms with E-state index in [-0.39, 0.29) is 90.2 Å². The normalized spacial score (nSPS) is 11.9. The Kier molecular flexibility index (Phi) is 26.6. The number of aromatic nitrogens is 3. The number of fused-ring (bicyclic) bond motifs is 5. The van der Waals surface area contributed by atoms with E-state index in [1.165, 1.54) is 0 Å². The van der Waals surface area contributed by atoms with Crippen molar-refractivity contribution in [1.29, 1.82) is 0 Å². The third-order valence-electron chi connectivity index (χ3n) is 14.8. The molecule has 484 valence electrons. The van der Waals surface area contributed by atoms with Crippen molar-refractivity contribution >= 4 is 80.7 Å². The Balaban J connectivity index is 0.643. The first-order chi connectivity index (χ1) is 44.8. The van der Waals surface area contributed by atoms with Crippen LogP contribution in [0.4, 0.5) is 26.8 Å². The van der Waals surface area contributed by atoms with Crippen molar-refractivity contribution in [2.45, 2.75) is 90.6 Å². The Bertz CT molecular complexity index is 3700. The van der Waals surface area contributed by atoms with Crippen LogP contribution in [0.25, 0.3) is 21.8 Å². The van der Waals surface area contributed by atoms with Crippen molar-refractivity contribution in [3.8, 4) is 11.8 Å². The highest BCUT2D eigenvalue weighted by atomic mass is 16.6. The number of urea groups is 1. The van der Waals surface area contributed by atoms with Gasteiger partial charge < -0.3 is 72.0 Å². The van der Waals surface area contributed by atoms with E-state index >= 15 is 0 Å².